The van der Waals surface area contributed by atoms with Crippen LogP contribution >= 0.6 is 15.9 Å². The molecule has 1 unspecified atom stereocenters. The van der Waals surface area contributed by atoms with E-state index in [2.05, 4.69) is 21.2 Å². The van der Waals surface area contributed by atoms with Gasteiger partial charge in [0.15, 0.2) is 0 Å². The number of rotatable bonds is 5. The molecule has 4 nitrogen and oxygen atoms in total. The minimum Gasteiger partial charge on any atom is -0.352 e. The molecule has 24 heavy (non-hydrogen) atoms. The second-order valence-electron chi connectivity index (χ2n) is 6.05. The van der Waals surface area contributed by atoms with Gasteiger partial charge in [0.1, 0.15) is 0 Å². The third kappa shape index (κ3) is 4.23. The van der Waals surface area contributed by atoms with E-state index in [0.29, 0.717) is 31.6 Å². The molecule has 1 aliphatic heterocycles. The second-order valence-corrected chi connectivity index (χ2v) is 6.97. The molecule has 124 valence electrons. The fourth-order valence-corrected chi connectivity index (χ4v) is 3.32. The molecule has 3 rings (SSSR count). The van der Waals surface area contributed by atoms with E-state index in [1.807, 2.05) is 47.4 Å². The first-order valence-corrected chi connectivity index (χ1v) is 8.76. The smallest absolute Gasteiger partial charge is 0.251 e. The van der Waals surface area contributed by atoms with Crippen molar-refractivity contribution in [2.24, 2.45) is 5.92 Å². The fraction of sp³-hybridized carbons (Fsp3) is 0.263. The van der Waals surface area contributed by atoms with E-state index in [-0.39, 0.29) is 17.7 Å². The monoisotopic (exact) mass is 386 g/mol. The van der Waals surface area contributed by atoms with Crippen LogP contribution in [0.5, 0.6) is 0 Å². The van der Waals surface area contributed by atoms with E-state index in [4.69, 9.17) is 0 Å². The van der Waals surface area contributed by atoms with Crippen LogP contribution in [0.15, 0.2) is 59.1 Å². The van der Waals surface area contributed by atoms with E-state index in [0.717, 1.165) is 10.0 Å². The highest BCUT2D eigenvalue weighted by molar-refractivity contribution is 9.10. The molecule has 2 aromatic carbocycles. The van der Waals surface area contributed by atoms with Gasteiger partial charge in [-0.2, -0.15) is 0 Å². The molecule has 0 aromatic heterocycles. The molecule has 5 heteroatoms. The van der Waals surface area contributed by atoms with E-state index in [9.17, 15) is 9.59 Å². The minimum atomic E-state index is -0.106. The van der Waals surface area contributed by atoms with Crippen LogP contribution < -0.4 is 5.32 Å². The van der Waals surface area contributed by atoms with Gasteiger partial charge in [0, 0.05) is 42.0 Å². The molecule has 1 fully saturated rings. The van der Waals surface area contributed by atoms with Crippen molar-refractivity contribution in [3.8, 4) is 0 Å². The van der Waals surface area contributed by atoms with Crippen LogP contribution in [-0.2, 0) is 11.3 Å². The largest absolute Gasteiger partial charge is 0.352 e. The van der Waals surface area contributed by atoms with Crippen molar-refractivity contribution < 1.29 is 9.59 Å². The lowest BCUT2D eigenvalue weighted by Crippen LogP contribution is -2.31. The maximum absolute atomic E-state index is 12.2. The third-order valence-electron chi connectivity index (χ3n) is 4.15. The molecule has 1 atom stereocenters. The minimum absolute atomic E-state index is 0.106. The summed E-state index contributed by atoms with van der Waals surface area (Å²) in [6, 6.07) is 17.3. The standard InChI is InChI=1S/C19H19BrN2O2/c20-17-8-4-7-16(10-17)19(24)21-11-15-9-18(23)22(13-15)12-14-5-2-1-3-6-14/h1-8,10,15H,9,11-13H2,(H,21,24). The normalized spacial score (nSPS) is 17.1. The van der Waals surface area contributed by atoms with Gasteiger partial charge in [-0.3, -0.25) is 9.59 Å². The molecule has 1 heterocycles. The fourth-order valence-electron chi connectivity index (χ4n) is 2.92. The lowest BCUT2D eigenvalue weighted by Gasteiger charge is -2.17. The molecule has 0 spiro atoms. The number of nitrogens with one attached hydrogen (secondary N) is 1. The molecule has 2 aromatic rings. The summed E-state index contributed by atoms with van der Waals surface area (Å²) in [5.74, 6) is 0.211. The van der Waals surface area contributed by atoms with E-state index in [1.165, 1.54) is 0 Å². The summed E-state index contributed by atoms with van der Waals surface area (Å²) in [6.07, 6.45) is 0.492. The Hall–Kier alpha value is -2.14. The van der Waals surface area contributed by atoms with Gasteiger partial charge in [0.2, 0.25) is 5.91 Å². The Bertz CT molecular complexity index is 733. The van der Waals surface area contributed by atoms with Crippen LogP contribution in [0.25, 0.3) is 0 Å². The number of hydrogen-bond donors (Lipinski definition) is 1. The van der Waals surface area contributed by atoms with Gasteiger partial charge in [0.05, 0.1) is 0 Å². The molecule has 0 aliphatic carbocycles. The number of carbonyl (C=O) groups is 2. The third-order valence-corrected chi connectivity index (χ3v) is 4.64. The zero-order chi connectivity index (χ0) is 16.9. The summed E-state index contributed by atoms with van der Waals surface area (Å²) in [6.45, 7) is 1.84. The summed E-state index contributed by atoms with van der Waals surface area (Å²) in [5.41, 5.74) is 1.75. The molecule has 0 saturated carbocycles. The van der Waals surface area contributed by atoms with Crippen molar-refractivity contribution in [3.63, 3.8) is 0 Å². The SMILES string of the molecule is O=C(NCC1CC(=O)N(Cc2ccccc2)C1)c1cccc(Br)c1. The number of halogens is 1. The first-order valence-electron chi connectivity index (χ1n) is 7.97. The molecule has 2 amide bonds. The highest BCUT2D eigenvalue weighted by Gasteiger charge is 2.29. The lowest BCUT2D eigenvalue weighted by molar-refractivity contribution is -0.128. The van der Waals surface area contributed by atoms with Crippen LogP contribution in [0.3, 0.4) is 0 Å². The van der Waals surface area contributed by atoms with Gasteiger partial charge in [-0.25, -0.2) is 0 Å². The van der Waals surface area contributed by atoms with Crippen molar-refractivity contribution in [1.82, 2.24) is 10.2 Å². The molecular weight excluding hydrogens is 368 g/mol. The first-order chi connectivity index (χ1) is 11.6. The Morgan fingerprint density at radius 1 is 1.17 bits per heavy atom. The molecule has 1 N–H and O–H groups in total. The van der Waals surface area contributed by atoms with Gasteiger partial charge < -0.3 is 10.2 Å². The van der Waals surface area contributed by atoms with Crippen LogP contribution in [0.4, 0.5) is 0 Å². The van der Waals surface area contributed by atoms with Crippen molar-refractivity contribution in [2.75, 3.05) is 13.1 Å². The highest BCUT2D eigenvalue weighted by atomic mass is 79.9. The molecule has 1 saturated heterocycles. The number of hydrogen-bond acceptors (Lipinski definition) is 2. The van der Waals surface area contributed by atoms with Gasteiger partial charge in [-0.05, 0) is 23.8 Å². The van der Waals surface area contributed by atoms with Gasteiger partial charge in [-0.15, -0.1) is 0 Å². The molecule has 0 bridgehead atoms. The molecule has 0 radical (unpaired) electrons. The average Bonchev–Trinajstić information content (AvgIpc) is 2.93. The quantitative estimate of drug-likeness (QED) is 0.857. The van der Waals surface area contributed by atoms with Gasteiger partial charge in [0.25, 0.3) is 5.91 Å². The number of likely N-dealkylation sites (tertiary alicyclic amines) is 1. The topological polar surface area (TPSA) is 49.4 Å². The van der Waals surface area contributed by atoms with Crippen LogP contribution in [0.2, 0.25) is 0 Å². The van der Waals surface area contributed by atoms with Crippen molar-refractivity contribution in [3.05, 3.63) is 70.2 Å². The predicted molar refractivity (Wildman–Crippen MR) is 96.4 cm³/mol. The summed E-state index contributed by atoms with van der Waals surface area (Å²) in [7, 11) is 0. The Kier molecular flexibility index (Phi) is 5.30. The van der Waals surface area contributed by atoms with Crippen molar-refractivity contribution in [1.29, 1.82) is 0 Å². The van der Waals surface area contributed by atoms with Crippen molar-refractivity contribution >= 4 is 27.7 Å². The van der Waals surface area contributed by atoms with Crippen molar-refractivity contribution in [2.45, 2.75) is 13.0 Å². The molecular formula is C19H19BrN2O2. The first kappa shape index (κ1) is 16.7. The summed E-state index contributed by atoms with van der Waals surface area (Å²) >= 11 is 3.36. The Morgan fingerprint density at radius 3 is 2.71 bits per heavy atom. The van der Waals surface area contributed by atoms with E-state index >= 15 is 0 Å². The van der Waals surface area contributed by atoms with Crippen LogP contribution in [0.1, 0.15) is 22.3 Å². The zero-order valence-corrected chi connectivity index (χ0v) is 14.8. The maximum atomic E-state index is 12.2. The maximum Gasteiger partial charge on any atom is 0.251 e. The zero-order valence-electron chi connectivity index (χ0n) is 13.2. The predicted octanol–water partition coefficient (Wildman–Crippen LogP) is 3.23. The van der Waals surface area contributed by atoms with E-state index in [1.54, 1.807) is 12.1 Å². The van der Waals surface area contributed by atoms with E-state index < -0.39 is 0 Å². The summed E-state index contributed by atoms with van der Waals surface area (Å²) in [5, 5.41) is 2.93. The summed E-state index contributed by atoms with van der Waals surface area (Å²) in [4.78, 5) is 26.2. The highest BCUT2D eigenvalue weighted by Crippen LogP contribution is 2.20. The Morgan fingerprint density at radius 2 is 1.96 bits per heavy atom. The molecule has 1 aliphatic rings. The average molecular weight is 387 g/mol. The Balaban J connectivity index is 1.52. The van der Waals surface area contributed by atoms with Crippen LogP contribution in [0, 0.1) is 5.92 Å². The van der Waals surface area contributed by atoms with Crippen LogP contribution in [-0.4, -0.2) is 29.8 Å². The number of carbonyl (C=O) groups excluding carboxylic acids is 2. The number of nitrogens with zero attached hydrogens (tertiary/aromatic N) is 1. The lowest BCUT2D eigenvalue weighted by atomic mass is 10.1. The number of benzene rings is 2. The van der Waals surface area contributed by atoms with Gasteiger partial charge in [-0.1, -0.05) is 52.3 Å². The van der Waals surface area contributed by atoms with Gasteiger partial charge >= 0.3 is 0 Å². The number of amides is 2. The second kappa shape index (κ2) is 7.62. The Labute approximate surface area is 150 Å². The summed E-state index contributed by atoms with van der Waals surface area (Å²) < 4.78 is 0.875.